The van der Waals surface area contributed by atoms with Crippen molar-refractivity contribution in [2.24, 2.45) is 5.92 Å². The smallest absolute Gasteiger partial charge is 0.121 e. The minimum absolute atomic E-state index is 0.197. The van der Waals surface area contributed by atoms with Crippen LogP contribution in [0.2, 0.25) is 0 Å². The Hall–Kier alpha value is -1.06. The van der Waals surface area contributed by atoms with Crippen LogP contribution in [0.25, 0.3) is 0 Å². The van der Waals surface area contributed by atoms with Crippen LogP contribution in [0.15, 0.2) is 18.2 Å². The van der Waals surface area contributed by atoms with E-state index in [1.54, 1.807) is 7.11 Å². The van der Waals surface area contributed by atoms with Gasteiger partial charge < -0.3 is 14.6 Å². The number of ether oxygens (including phenoxy) is 2. The third-order valence-corrected chi connectivity index (χ3v) is 3.44. The average Bonchev–Trinajstić information content (AvgIpc) is 2.28. The monoisotopic (exact) mass is 236 g/mol. The third-order valence-electron chi connectivity index (χ3n) is 3.44. The highest BCUT2D eigenvalue weighted by atomic mass is 16.5. The molecule has 1 heterocycles. The van der Waals surface area contributed by atoms with E-state index in [1.807, 2.05) is 19.1 Å². The molecule has 1 aliphatic rings. The van der Waals surface area contributed by atoms with Crippen LogP contribution in [0.5, 0.6) is 5.75 Å². The molecular formula is C14H20O3. The number of rotatable bonds is 5. The van der Waals surface area contributed by atoms with Crippen molar-refractivity contribution < 1.29 is 14.6 Å². The van der Waals surface area contributed by atoms with Gasteiger partial charge in [0, 0.05) is 18.4 Å². The summed E-state index contributed by atoms with van der Waals surface area (Å²) in [5.74, 6) is 1.72. The molecule has 1 fully saturated rings. The second-order valence-electron chi connectivity index (χ2n) is 4.75. The summed E-state index contributed by atoms with van der Waals surface area (Å²) < 4.78 is 10.4. The first-order valence-corrected chi connectivity index (χ1v) is 6.07. The Morgan fingerprint density at radius 1 is 1.47 bits per heavy atom. The van der Waals surface area contributed by atoms with Gasteiger partial charge in [-0.25, -0.2) is 0 Å². The lowest BCUT2D eigenvalue weighted by molar-refractivity contribution is -0.0405. The Bertz CT molecular complexity index is 372. The summed E-state index contributed by atoms with van der Waals surface area (Å²) in [6, 6.07) is 6.14. The van der Waals surface area contributed by atoms with Crippen LogP contribution in [-0.4, -0.2) is 32.0 Å². The Balaban J connectivity index is 2.09. The first-order chi connectivity index (χ1) is 8.24. The maximum atomic E-state index is 9.49. The second-order valence-corrected chi connectivity index (χ2v) is 4.75. The Kier molecular flexibility index (Phi) is 4.02. The Morgan fingerprint density at radius 3 is 2.71 bits per heavy atom. The standard InChI is InChI=1S/C14H20O3/c1-10-5-12(3-4-14(10)16-2)13(7-15)6-11-8-17-9-11/h3-5,11,13,15H,6-9H2,1-2H3. The zero-order chi connectivity index (χ0) is 12.3. The van der Waals surface area contributed by atoms with Gasteiger partial charge >= 0.3 is 0 Å². The van der Waals surface area contributed by atoms with Gasteiger partial charge in [-0.05, 0) is 30.5 Å². The van der Waals surface area contributed by atoms with E-state index in [9.17, 15) is 5.11 Å². The van der Waals surface area contributed by atoms with Gasteiger partial charge in [0.2, 0.25) is 0 Å². The molecule has 3 nitrogen and oxygen atoms in total. The largest absolute Gasteiger partial charge is 0.496 e. The van der Waals surface area contributed by atoms with E-state index in [1.165, 1.54) is 5.56 Å². The molecule has 94 valence electrons. The van der Waals surface area contributed by atoms with Crippen molar-refractivity contribution in [2.75, 3.05) is 26.9 Å². The highest BCUT2D eigenvalue weighted by Crippen LogP contribution is 2.30. The second kappa shape index (κ2) is 5.52. The van der Waals surface area contributed by atoms with Crippen LogP contribution in [0.4, 0.5) is 0 Å². The highest BCUT2D eigenvalue weighted by molar-refractivity contribution is 5.37. The topological polar surface area (TPSA) is 38.7 Å². The highest BCUT2D eigenvalue weighted by Gasteiger charge is 2.23. The molecule has 0 radical (unpaired) electrons. The molecule has 1 aromatic carbocycles. The van der Waals surface area contributed by atoms with Crippen molar-refractivity contribution in [1.29, 1.82) is 0 Å². The molecule has 1 atom stereocenters. The zero-order valence-corrected chi connectivity index (χ0v) is 10.5. The van der Waals surface area contributed by atoms with Crippen LogP contribution in [0.1, 0.15) is 23.5 Å². The normalized spacial score (nSPS) is 17.6. The minimum atomic E-state index is 0.197. The molecule has 1 saturated heterocycles. The van der Waals surface area contributed by atoms with Gasteiger partial charge in [-0.1, -0.05) is 12.1 Å². The summed E-state index contributed by atoms with van der Waals surface area (Å²) >= 11 is 0. The van der Waals surface area contributed by atoms with Crippen molar-refractivity contribution in [2.45, 2.75) is 19.3 Å². The zero-order valence-electron chi connectivity index (χ0n) is 10.5. The molecule has 0 saturated carbocycles. The van der Waals surface area contributed by atoms with E-state index >= 15 is 0 Å². The molecular weight excluding hydrogens is 216 g/mol. The van der Waals surface area contributed by atoms with Crippen LogP contribution in [0.3, 0.4) is 0 Å². The van der Waals surface area contributed by atoms with E-state index in [4.69, 9.17) is 9.47 Å². The fraction of sp³-hybridized carbons (Fsp3) is 0.571. The number of methoxy groups -OCH3 is 1. The van der Waals surface area contributed by atoms with E-state index < -0.39 is 0 Å². The third kappa shape index (κ3) is 2.79. The van der Waals surface area contributed by atoms with Crippen molar-refractivity contribution in [3.63, 3.8) is 0 Å². The summed E-state index contributed by atoms with van der Waals surface area (Å²) in [7, 11) is 1.68. The predicted octanol–water partition coefficient (Wildman–Crippen LogP) is 2.12. The quantitative estimate of drug-likeness (QED) is 0.851. The van der Waals surface area contributed by atoms with E-state index in [2.05, 4.69) is 6.07 Å². The first-order valence-electron chi connectivity index (χ1n) is 6.07. The molecule has 0 bridgehead atoms. The molecule has 3 heteroatoms. The van der Waals surface area contributed by atoms with Gasteiger partial charge in [-0.2, -0.15) is 0 Å². The van der Waals surface area contributed by atoms with Crippen molar-refractivity contribution in [3.05, 3.63) is 29.3 Å². The summed E-state index contributed by atoms with van der Waals surface area (Å²) in [4.78, 5) is 0. The Labute approximate surface area is 102 Å². The summed E-state index contributed by atoms with van der Waals surface area (Å²) in [5.41, 5.74) is 2.31. The number of aliphatic hydroxyl groups excluding tert-OH is 1. The molecule has 0 spiro atoms. The van der Waals surface area contributed by atoms with Crippen LogP contribution in [-0.2, 0) is 4.74 Å². The maximum Gasteiger partial charge on any atom is 0.121 e. The molecule has 17 heavy (non-hydrogen) atoms. The molecule has 1 unspecified atom stereocenters. The van der Waals surface area contributed by atoms with Crippen LogP contribution < -0.4 is 4.74 Å². The minimum Gasteiger partial charge on any atom is -0.496 e. The molecule has 0 aromatic heterocycles. The van der Waals surface area contributed by atoms with Crippen LogP contribution >= 0.6 is 0 Å². The van der Waals surface area contributed by atoms with Gasteiger partial charge in [0.1, 0.15) is 5.75 Å². The molecule has 2 rings (SSSR count). The fourth-order valence-electron chi connectivity index (χ4n) is 2.29. The lowest BCUT2D eigenvalue weighted by atomic mass is 9.88. The number of aryl methyl sites for hydroxylation is 1. The van der Waals surface area contributed by atoms with Gasteiger partial charge in [-0.3, -0.25) is 0 Å². The fourth-order valence-corrected chi connectivity index (χ4v) is 2.29. The summed E-state index contributed by atoms with van der Waals surface area (Å²) in [5, 5.41) is 9.49. The Morgan fingerprint density at radius 2 is 2.24 bits per heavy atom. The van der Waals surface area contributed by atoms with Gasteiger partial charge in [0.15, 0.2) is 0 Å². The van der Waals surface area contributed by atoms with Crippen LogP contribution in [0, 0.1) is 12.8 Å². The van der Waals surface area contributed by atoms with Crippen molar-refractivity contribution in [3.8, 4) is 5.75 Å². The summed E-state index contributed by atoms with van der Waals surface area (Å²) in [6.45, 7) is 3.91. The maximum absolute atomic E-state index is 9.49. The van der Waals surface area contributed by atoms with Gasteiger partial charge in [0.25, 0.3) is 0 Å². The van der Waals surface area contributed by atoms with Crippen molar-refractivity contribution >= 4 is 0 Å². The van der Waals surface area contributed by atoms with Gasteiger partial charge in [0.05, 0.1) is 20.3 Å². The van der Waals surface area contributed by atoms with Crippen molar-refractivity contribution in [1.82, 2.24) is 0 Å². The number of hydrogen-bond acceptors (Lipinski definition) is 3. The lowest BCUT2D eigenvalue weighted by Gasteiger charge is -2.29. The average molecular weight is 236 g/mol. The first kappa shape index (κ1) is 12.4. The summed E-state index contributed by atoms with van der Waals surface area (Å²) in [6.07, 6.45) is 1.00. The lowest BCUT2D eigenvalue weighted by Crippen LogP contribution is -2.29. The molecule has 1 N–H and O–H groups in total. The predicted molar refractivity (Wildman–Crippen MR) is 66.5 cm³/mol. The van der Waals surface area contributed by atoms with Gasteiger partial charge in [-0.15, -0.1) is 0 Å². The number of benzene rings is 1. The molecule has 0 aliphatic carbocycles. The molecule has 1 aromatic rings. The van der Waals surface area contributed by atoms with E-state index in [-0.39, 0.29) is 12.5 Å². The SMILES string of the molecule is COc1ccc(C(CO)CC2COC2)cc1C. The molecule has 1 aliphatic heterocycles. The molecule has 0 amide bonds. The number of hydrogen-bond donors (Lipinski definition) is 1. The van der Waals surface area contributed by atoms with E-state index in [0.717, 1.165) is 30.9 Å². The van der Waals surface area contributed by atoms with E-state index in [0.29, 0.717) is 5.92 Å². The number of aliphatic hydroxyl groups is 1.